The number of H-pyrrole nitrogens is 1. The predicted octanol–water partition coefficient (Wildman–Crippen LogP) is 4.43. The Morgan fingerprint density at radius 1 is 1.27 bits per heavy atom. The second kappa shape index (κ2) is 9.48. The average molecular weight is 484 g/mol. The molecule has 4 aromatic rings. The van der Waals surface area contributed by atoms with E-state index >= 15 is 0 Å². The number of thiazole rings is 1. The first kappa shape index (κ1) is 21.8. The van der Waals surface area contributed by atoms with E-state index in [1.54, 1.807) is 24.4 Å². The van der Waals surface area contributed by atoms with Gasteiger partial charge in [0.2, 0.25) is 0 Å². The lowest BCUT2D eigenvalue weighted by atomic mass is 10.2. The first-order chi connectivity index (χ1) is 16.1. The monoisotopic (exact) mass is 483 g/mol. The lowest BCUT2D eigenvalue weighted by Gasteiger charge is -2.26. The minimum Gasteiger partial charge on any atom is -0.496 e. The number of halogens is 1. The third kappa shape index (κ3) is 4.72. The molecule has 1 aliphatic heterocycles. The number of rotatable bonds is 6. The van der Waals surface area contributed by atoms with Crippen molar-refractivity contribution in [2.45, 2.75) is 6.54 Å². The van der Waals surface area contributed by atoms with Crippen molar-refractivity contribution in [2.75, 3.05) is 38.7 Å². The summed E-state index contributed by atoms with van der Waals surface area (Å²) in [4.78, 5) is 20.1. The molecule has 0 saturated carbocycles. The van der Waals surface area contributed by atoms with Crippen LogP contribution in [0.5, 0.6) is 5.75 Å². The molecule has 0 bridgehead atoms. The largest absolute Gasteiger partial charge is 0.496 e. The van der Waals surface area contributed by atoms with Gasteiger partial charge in [0.15, 0.2) is 0 Å². The van der Waals surface area contributed by atoms with Gasteiger partial charge in [-0.25, -0.2) is 4.98 Å². The zero-order valence-electron chi connectivity index (χ0n) is 17.9. The molecule has 1 amide bonds. The standard InChI is InChI=1S/C23H22ClN5O3S/c1-31-19-11-15(24)3-4-16(19)22(30)26-18-12-25-28-21(18)23-27-17-10-14(2-5-20(17)33-23)13-29-6-8-32-9-7-29/h2-5,10-12H,6-9,13H2,1H3,(H,25,28)(H,26,30). The molecule has 0 unspecified atom stereocenters. The van der Waals surface area contributed by atoms with Gasteiger partial charge < -0.3 is 14.8 Å². The van der Waals surface area contributed by atoms with Crippen LogP contribution < -0.4 is 10.1 Å². The summed E-state index contributed by atoms with van der Waals surface area (Å²) in [7, 11) is 1.50. The number of anilines is 1. The van der Waals surface area contributed by atoms with E-state index in [0.717, 1.165) is 48.1 Å². The Bertz CT molecular complexity index is 1300. The quantitative estimate of drug-likeness (QED) is 0.421. The van der Waals surface area contributed by atoms with Crippen molar-refractivity contribution in [1.82, 2.24) is 20.1 Å². The fourth-order valence-electron chi connectivity index (χ4n) is 3.78. The fraction of sp³-hybridized carbons (Fsp3) is 0.261. The van der Waals surface area contributed by atoms with E-state index in [0.29, 0.717) is 27.7 Å². The number of benzene rings is 2. The van der Waals surface area contributed by atoms with Crippen molar-refractivity contribution in [3.05, 3.63) is 58.7 Å². The van der Waals surface area contributed by atoms with Crippen LogP contribution in [0.3, 0.4) is 0 Å². The van der Waals surface area contributed by atoms with Crippen LogP contribution in [0.1, 0.15) is 15.9 Å². The highest BCUT2D eigenvalue weighted by Crippen LogP contribution is 2.34. The molecule has 0 atom stereocenters. The first-order valence-electron chi connectivity index (χ1n) is 10.5. The lowest BCUT2D eigenvalue weighted by Crippen LogP contribution is -2.35. The summed E-state index contributed by atoms with van der Waals surface area (Å²) < 4.78 is 11.8. The Labute approximate surface area is 199 Å². The van der Waals surface area contributed by atoms with Crippen LogP contribution >= 0.6 is 22.9 Å². The maximum atomic E-state index is 12.9. The molecule has 2 N–H and O–H groups in total. The first-order valence-corrected chi connectivity index (χ1v) is 11.7. The number of fused-ring (bicyclic) bond motifs is 1. The second-order valence-corrected chi connectivity index (χ2v) is 9.12. The lowest BCUT2D eigenvalue weighted by molar-refractivity contribution is 0.0342. The van der Waals surface area contributed by atoms with E-state index < -0.39 is 0 Å². The predicted molar refractivity (Wildman–Crippen MR) is 129 cm³/mol. The second-order valence-electron chi connectivity index (χ2n) is 7.66. The molecule has 1 aliphatic rings. The summed E-state index contributed by atoms with van der Waals surface area (Å²) in [6.07, 6.45) is 1.64. The van der Waals surface area contributed by atoms with Gasteiger partial charge in [0.25, 0.3) is 5.91 Å². The summed E-state index contributed by atoms with van der Waals surface area (Å²) in [6, 6.07) is 11.2. The van der Waals surface area contributed by atoms with Gasteiger partial charge in [-0.2, -0.15) is 5.10 Å². The minimum absolute atomic E-state index is 0.319. The topological polar surface area (TPSA) is 92.4 Å². The molecule has 0 spiro atoms. The number of methoxy groups -OCH3 is 1. The fourth-order valence-corrected chi connectivity index (χ4v) is 4.89. The summed E-state index contributed by atoms with van der Waals surface area (Å²) in [5.74, 6) is 0.0814. The normalized spacial score (nSPS) is 14.5. The number of nitrogens with zero attached hydrogens (tertiary/aromatic N) is 3. The minimum atomic E-state index is -0.319. The van der Waals surface area contributed by atoms with Crippen LogP contribution in [0.2, 0.25) is 5.02 Å². The van der Waals surface area contributed by atoms with Crippen LogP contribution in [-0.2, 0) is 11.3 Å². The van der Waals surface area contributed by atoms with Crippen LogP contribution in [0.4, 0.5) is 5.69 Å². The van der Waals surface area contributed by atoms with E-state index in [1.807, 2.05) is 0 Å². The van der Waals surface area contributed by atoms with Gasteiger partial charge in [0.05, 0.1) is 41.8 Å². The molecular formula is C23H22ClN5O3S. The summed E-state index contributed by atoms with van der Waals surface area (Å²) in [5.41, 5.74) is 3.65. The Hall–Kier alpha value is -2.98. The molecule has 0 radical (unpaired) electrons. The molecule has 0 aliphatic carbocycles. The maximum Gasteiger partial charge on any atom is 0.259 e. The third-order valence-corrected chi connectivity index (χ3v) is 6.74. The smallest absolute Gasteiger partial charge is 0.259 e. The van der Waals surface area contributed by atoms with Gasteiger partial charge in [0, 0.05) is 30.9 Å². The van der Waals surface area contributed by atoms with Gasteiger partial charge in [-0.3, -0.25) is 14.8 Å². The van der Waals surface area contributed by atoms with E-state index in [4.69, 9.17) is 26.1 Å². The summed E-state index contributed by atoms with van der Waals surface area (Å²) in [6.45, 7) is 4.31. The SMILES string of the molecule is COc1cc(Cl)ccc1C(=O)Nc1c[nH]nc1-c1nc2cc(CN3CCOCC3)ccc2s1. The number of hydrogen-bond donors (Lipinski definition) is 2. The van der Waals surface area contributed by atoms with Crippen LogP contribution in [0.15, 0.2) is 42.6 Å². The van der Waals surface area contributed by atoms with Gasteiger partial charge in [-0.15, -0.1) is 11.3 Å². The highest BCUT2D eigenvalue weighted by molar-refractivity contribution is 7.21. The number of ether oxygens (including phenoxy) is 2. The van der Waals surface area contributed by atoms with Gasteiger partial charge in [-0.05, 0) is 35.9 Å². The Balaban J connectivity index is 1.38. The Kier molecular flexibility index (Phi) is 6.28. The number of morpholine rings is 1. The molecule has 33 heavy (non-hydrogen) atoms. The molecule has 1 fully saturated rings. The van der Waals surface area contributed by atoms with Crippen molar-refractivity contribution in [1.29, 1.82) is 0 Å². The number of carbonyl (C=O) groups excluding carboxylic acids is 1. The number of aromatic nitrogens is 3. The van der Waals surface area contributed by atoms with Crippen molar-refractivity contribution in [3.8, 4) is 16.5 Å². The molecule has 10 heteroatoms. The summed E-state index contributed by atoms with van der Waals surface area (Å²) >= 11 is 7.55. The maximum absolute atomic E-state index is 12.9. The molecule has 170 valence electrons. The molecule has 1 saturated heterocycles. The van der Waals surface area contributed by atoms with E-state index in [1.165, 1.54) is 24.0 Å². The number of nitrogens with one attached hydrogen (secondary N) is 2. The van der Waals surface area contributed by atoms with Gasteiger partial charge >= 0.3 is 0 Å². The molecule has 2 aromatic heterocycles. The average Bonchev–Trinajstić information content (AvgIpc) is 3.45. The highest BCUT2D eigenvalue weighted by Gasteiger charge is 2.19. The van der Waals surface area contributed by atoms with Crippen molar-refractivity contribution in [3.63, 3.8) is 0 Å². The van der Waals surface area contributed by atoms with E-state index in [-0.39, 0.29) is 5.91 Å². The van der Waals surface area contributed by atoms with Crippen molar-refractivity contribution < 1.29 is 14.3 Å². The zero-order chi connectivity index (χ0) is 22.8. The van der Waals surface area contributed by atoms with Crippen molar-refractivity contribution in [2.24, 2.45) is 0 Å². The number of carbonyl (C=O) groups is 1. The molecule has 8 nitrogen and oxygen atoms in total. The van der Waals surface area contributed by atoms with Gasteiger partial charge in [0.1, 0.15) is 16.5 Å². The highest BCUT2D eigenvalue weighted by atomic mass is 35.5. The van der Waals surface area contributed by atoms with Crippen LogP contribution in [-0.4, -0.2) is 59.4 Å². The van der Waals surface area contributed by atoms with E-state index in [2.05, 4.69) is 38.6 Å². The number of amides is 1. The Morgan fingerprint density at radius 2 is 2.12 bits per heavy atom. The molecule has 5 rings (SSSR count). The van der Waals surface area contributed by atoms with E-state index in [9.17, 15) is 4.79 Å². The van der Waals surface area contributed by atoms with Crippen molar-refractivity contribution >= 4 is 44.7 Å². The molecule has 3 heterocycles. The third-order valence-electron chi connectivity index (χ3n) is 5.46. The summed E-state index contributed by atoms with van der Waals surface area (Å²) in [5, 5.41) is 11.3. The molecular weight excluding hydrogens is 462 g/mol. The Morgan fingerprint density at radius 3 is 2.94 bits per heavy atom. The zero-order valence-corrected chi connectivity index (χ0v) is 19.5. The number of hydrogen-bond acceptors (Lipinski definition) is 7. The number of aromatic amines is 1. The van der Waals surface area contributed by atoms with Crippen LogP contribution in [0, 0.1) is 0 Å². The van der Waals surface area contributed by atoms with Gasteiger partial charge in [-0.1, -0.05) is 17.7 Å². The molecule has 2 aromatic carbocycles. The van der Waals surface area contributed by atoms with Crippen LogP contribution in [0.25, 0.3) is 20.9 Å².